The van der Waals surface area contributed by atoms with Gasteiger partial charge in [0, 0.05) is 12.1 Å². The molecule has 3 N–H and O–H groups in total. The fraction of sp³-hybridized carbons (Fsp3) is 0.667. The second-order valence-corrected chi connectivity index (χ2v) is 6.41. The normalized spacial score (nSPS) is 12.9. The molecule has 0 aliphatic heterocycles. The first-order valence-corrected chi connectivity index (χ1v) is 7.58. The summed E-state index contributed by atoms with van der Waals surface area (Å²) in [7, 11) is -3.55. The van der Waals surface area contributed by atoms with Crippen LogP contribution in [0.5, 0.6) is 0 Å². The molecule has 5 nitrogen and oxygen atoms in total. The quantitative estimate of drug-likeness (QED) is 0.826. The second-order valence-electron chi connectivity index (χ2n) is 4.67. The molecule has 0 fully saturated rings. The van der Waals surface area contributed by atoms with Gasteiger partial charge in [0.05, 0.1) is 0 Å². The highest BCUT2D eigenvalue weighted by atomic mass is 32.2. The highest BCUT2D eigenvalue weighted by Crippen LogP contribution is 2.20. The van der Waals surface area contributed by atoms with Gasteiger partial charge in [0.25, 0.3) is 0 Å². The summed E-state index contributed by atoms with van der Waals surface area (Å²) < 4.78 is 32.0. The van der Waals surface area contributed by atoms with E-state index in [4.69, 9.17) is 10.2 Å². The maximum atomic E-state index is 12.1. The van der Waals surface area contributed by atoms with Crippen LogP contribution in [0.1, 0.15) is 38.2 Å². The number of hydrogen-bond acceptors (Lipinski definition) is 4. The van der Waals surface area contributed by atoms with Gasteiger partial charge in [-0.1, -0.05) is 13.8 Å². The Morgan fingerprint density at radius 2 is 1.89 bits per heavy atom. The van der Waals surface area contributed by atoms with E-state index in [-0.39, 0.29) is 11.4 Å². The van der Waals surface area contributed by atoms with E-state index in [1.54, 1.807) is 13.8 Å². The van der Waals surface area contributed by atoms with Crippen molar-refractivity contribution >= 4 is 10.0 Å². The zero-order valence-electron chi connectivity index (χ0n) is 11.4. The predicted molar refractivity (Wildman–Crippen MR) is 70.9 cm³/mol. The second kappa shape index (κ2) is 5.42. The molecule has 0 unspecified atom stereocenters. The lowest BCUT2D eigenvalue weighted by molar-refractivity contribution is 0.391. The lowest BCUT2D eigenvalue weighted by Gasteiger charge is -2.26. The smallest absolute Gasteiger partial charge is 0.244 e. The lowest BCUT2D eigenvalue weighted by Crippen LogP contribution is -2.49. The molecule has 1 aromatic heterocycles. The Morgan fingerprint density at radius 1 is 1.33 bits per heavy atom. The van der Waals surface area contributed by atoms with Crippen molar-refractivity contribution in [1.82, 2.24) is 4.72 Å². The molecule has 1 heterocycles. The van der Waals surface area contributed by atoms with Gasteiger partial charge in [-0.15, -0.1) is 0 Å². The van der Waals surface area contributed by atoms with Crippen LogP contribution in [-0.4, -0.2) is 20.5 Å². The first-order chi connectivity index (χ1) is 8.24. The van der Waals surface area contributed by atoms with Gasteiger partial charge in [0.15, 0.2) is 0 Å². The van der Waals surface area contributed by atoms with Crippen molar-refractivity contribution in [1.29, 1.82) is 0 Å². The minimum absolute atomic E-state index is 0.189. The van der Waals surface area contributed by atoms with E-state index in [9.17, 15) is 8.42 Å². The molecule has 0 radical (unpaired) electrons. The summed E-state index contributed by atoms with van der Waals surface area (Å²) >= 11 is 0. The average molecular weight is 274 g/mol. The van der Waals surface area contributed by atoms with Crippen molar-refractivity contribution in [3.05, 3.63) is 17.6 Å². The zero-order chi connectivity index (χ0) is 14.0. The molecule has 6 heteroatoms. The highest BCUT2D eigenvalue weighted by Gasteiger charge is 2.26. The van der Waals surface area contributed by atoms with Gasteiger partial charge in [-0.3, -0.25) is 0 Å². The summed E-state index contributed by atoms with van der Waals surface area (Å²) in [5, 5.41) is 0. The predicted octanol–water partition coefficient (Wildman–Crippen LogP) is 1.69. The Bertz CT molecular complexity index is 501. The molecule has 0 aromatic carbocycles. The number of furan rings is 1. The van der Waals surface area contributed by atoms with E-state index in [1.165, 1.54) is 6.07 Å². The minimum Gasteiger partial charge on any atom is -0.465 e. The van der Waals surface area contributed by atoms with Crippen LogP contribution in [0.4, 0.5) is 0 Å². The Labute approximate surface area is 109 Å². The topological polar surface area (TPSA) is 85.3 Å². The Morgan fingerprint density at radius 3 is 2.28 bits per heavy atom. The third kappa shape index (κ3) is 3.34. The van der Waals surface area contributed by atoms with Gasteiger partial charge in [0.1, 0.15) is 16.4 Å². The van der Waals surface area contributed by atoms with Crippen LogP contribution < -0.4 is 10.5 Å². The van der Waals surface area contributed by atoms with E-state index < -0.39 is 15.6 Å². The number of nitrogens with two attached hydrogens (primary N) is 1. The molecule has 0 bridgehead atoms. The van der Waals surface area contributed by atoms with Crippen molar-refractivity contribution in [2.24, 2.45) is 5.73 Å². The monoisotopic (exact) mass is 274 g/mol. The number of rotatable bonds is 6. The van der Waals surface area contributed by atoms with Crippen molar-refractivity contribution in [3.63, 3.8) is 0 Å². The molecular weight excluding hydrogens is 252 g/mol. The molecular formula is C12H22N2O3S. The molecule has 1 rings (SSSR count). The fourth-order valence-electron chi connectivity index (χ4n) is 1.69. The van der Waals surface area contributed by atoms with Crippen molar-refractivity contribution in [2.75, 3.05) is 6.54 Å². The molecule has 0 amide bonds. The van der Waals surface area contributed by atoms with Gasteiger partial charge in [-0.25, -0.2) is 13.1 Å². The van der Waals surface area contributed by atoms with Gasteiger partial charge < -0.3 is 10.2 Å². The zero-order valence-corrected chi connectivity index (χ0v) is 12.2. The van der Waals surface area contributed by atoms with Crippen LogP contribution in [0, 0.1) is 13.8 Å². The molecule has 0 atom stereocenters. The summed E-state index contributed by atoms with van der Waals surface area (Å²) in [4.78, 5) is 0.189. The maximum absolute atomic E-state index is 12.1. The van der Waals surface area contributed by atoms with Crippen LogP contribution in [0.15, 0.2) is 15.4 Å². The van der Waals surface area contributed by atoms with Crippen LogP contribution in [0.25, 0.3) is 0 Å². The largest absolute Gasteiger partial charge is 0.465 e. The Balaban J connectivity index is 2.87. The van der Waals surface area contributed by atoms with Gasteiger partial charge in [0.2, 0.25) is 10.0 Å². The van der Waals surface area contributed by atoms with Gasteiger partial charge in [-0.2, -0.15) is 0 Å². The van der Waals surface area contributed by atoms with Crippen molar-refractivity contribution in [3.8, 4) is 0 Å². The lowest BCUT2D eigenvalue weighted by atomic mass is 9.95. The molecule has 0 saturated heterocycles. The van der Waals surface area contributed by atoms with Crippen molar-refractivity contribution < 1.29 is 12.8 Å². The van der Waals surface area contributed by atoms with E-state index in [0.717, 1.165) is 12.8 Å². The van der Waals surface area contributed by atoms with E-state index in [0.29, 0.717) is 11.5 Å². The number of nitrogens with one attached hydrogen (secondary N) is 1. The molecule has 0 saturated carbocycles. The molecule has 18 heavy (non-hydrogen) atoms. The Hall–Kier alpha value is -0.850. The van der Waals surface area contributed by atoms with Gasteiger partial charge >= 0.3 is 0 Å². The van der Waals surface area contributed by atoms with Gasteiger partial charge in [-0.05, 0) is 32.8 Å². The third-order valence-corrected chi connectivity index (χ3v) is 4.82. The summed E-state index contributed by atoms with van der Waals surface area (Å²) in [6.45, 7) is 7.48. The number of sulfonamides is 1. The third-order valence-electron chi connectivity index (χ3n) is 3.31. The number of hydrogen-bond donors (Lipinski definition) is 2. The number of aryl methyl sites for hydroxylation is 2. The molecule has 1 aromatic rings. The minimum atomic E-state index is -3.55. The fourth-order valence-corrected chi connectivity index (χ4v) is 3.06. The molecule has 0 aliphatic carbocycles. The van der Waals surface area contributed by atoms with E-state index in [1.807, 2.05) is 13.8 Å². The first kappa shape index (κ1) is 15.2. The van der Waals surface area contributed by atoms with Crippen LogP contribution in [0.2, 0.25) is 0 Å². The molecule has 104 valence electrons. The Kier molecular flexibility index (Phi) is 4.58. The summed E-state index contributed by atoms with van der Waals surface area (Å²) in [6.07, 6.45) is 1.44. The molecule has 0 aliphatic rings. The average Bonchev–Trinajstić information content (AvgIpc) is 2.66. The van der Waals surface area contributed by atoms with E-state index in [2.05, 4.69) is 4.72 Å². The standard InChI is InChI=1S/C12H22N2O3S/c1-5-12(13,6-2)8-14-18(15,16)11-7-9(3)17-10(11)4/h7,14H,5-6,8,13H2,1-4H3. The highest BCUT2D eigenvalue weighted by molar-refractivity contribution is 7.89. The van der Waals surface area contributed by atoms with E-state index >= 15 is 0 Å². The van der Waals surface area contributed by atoms with Crippen LogP contribution in [0.3, 0.4) is 0 Å². The maximum Gasteiger partial charge on any atom is 0.244 e. The van der Waals surface area contributed by atoms with Crippen LogP contribution >= 0.6 is 0 Å². The first-order valence-electron chi connectivity index (χ1n) is 6.09. The summed E-state index contributed by atoms with van der Waals surface area (Å²) in [5.74, 6) is 0.980. The van der Waals surface area contributed by atoms with Crippen molar-refractivity contribution in [2.45, 2.75) is 51.0 Å². The summed E-state index contributed by atoms with van der Waals surface area (Å²) in [5.41, 5.74) is 5.57. The SMILES string of the molecule is CCC(N)(CC)CNS(=O)(=O)c1cc(C)oc1C. The van der Waals surface area contributed by atoms with Crippen LogP contribution in [-0.2, 0) is 10.0 Å². The summed E-state index contributed by atoms with van der Waals surface area (Å²) in [6, 6.07) is 1.52. The molecule has 0 spiro atoms.